The Kier molecular flexibility index (Phi) is 5.62. The summed E-state index contributed by atoms with van der Waals surface area (Å²) in [6, 6.07) is 44.5. The molecule has 0 N–H and O–H groups in total. The number of aromatic nitrogens is 2. The zero-order valence-corrected chi connectivity index (χ0v) is 28.1. The van der Waals surface area contributed by atoms with Gasteiger partial charge in [0.05, 0.1) is 33.5 Å². The number of nitrogens with zero attached hydrogens (tertiary/aromatic N) is 3. The molecule has 6 aromatic carbocycles. The minimum Gasteiger partial charge on any atom is -0.310 e. The van der Waals surface area contributed by atoms with Gasteiger partial charge in [-0.05, 0) is 66.6 Å². The smallest absolute Gasteiger partial charge is 0.0940 e. The van der Waals surface area contributed by atoms with Crippen molar-refractivity contribution in [3.63, 3.8) is 0 Å². The molecule has 4 heterocycles. The van der Waals surface area contributed by atoms with E-state index in [1.54, 1.807) is 0 Å². The predicted octanol–water partition coefficient (Wildman–Crippen LogP) is 12.9. The quantitative estimate of drug-likeness (QED) is 0.181. The number of fused-ring (bicyclic) bond motifs is 10. The number of thiophene rings is 1. The van der Waals surface area contributed by atoms with Gasteiger partial charge in [0.2, 0.25) is 0 Å². The van der Waals surface area contributed by atoms with E-state index in [-0.39, 0.29) is 0 Å². The van der Waals surface area contributed by atoms with E-state index >= 15 is 0 Å². The Bertz CT molecular complexity index is 3160. The highest BCUT2D eigenvalue weighted by molar-refractivity contribution is 7.26. The van der Waals surface area contributed by atoms with Crippen LogP contribution in [0, 0.1) is 6.92 Å². The van der Waals surface area contributed by atoms with Crippen molar-refractivity contribution in [1.82, 2.24) is 8.97 Å². The molecule has 0 bridgehead atoms. The van der Waals surface area contributed by atoms with E-state index in [4.69, 9.17) is 4.99 Å². The number of hydrogen-bond acceptors (Lipinski definition) is 2. The molecule has 4 aromatic heterocycles. The highest BCUT2D eigenvalue weighted by Gasteiger charge is 2.25. The van der Waals surface area contributed by atoms with Crippen LogP contribution in [-0.2, 0) is 0 Å². The summed E-state index contributed by atoms with van der Waals surface area (Å²) in [5.74, 6) is 0. The molecule has 0 radical (unpaired) electrons. The molecule has 0 amide bonds. The van der Waals surface area contributed by atoms with E-state index in [0.29, 0.717) is 0 Å². The topological polar surface area (TPSA) is 21.7 Å². The monoisotopic (exact) mass is 655 g/mol. The van der Waals surface area contributed by atoms with Gasteiger partial charge < -0.3 is 8.97 Å². The Morgan fingerprint density at radius 1 is 0.620 bits per heavy atom. The van der Waals surface area contributed by atoms with Crippen LogP contribution >= 0.6 is 11.3 Å². The van der Waals surface area contributed by atoms with Gasteiger partial charge in [-0.2, -0.15) is 0 Å². The van der Waals surface area contributed by atoms with E-state index in [9.17, 15) is 0 Å². The second kappa shape index (κ2) is 10.1. The summed E-state index contributed by atoms with van der Waals surface area (Å²) in [7, 11) is 0. The first kappa shape index (κ1) is 27.7. The van der Waals surface area contributed by atoms with Gasteiger partial charge in [0.25, 0.3) is 0 Å². The van der Waals surface area contributed by atoms with Crippen LogP contribution < -0.4 is 0 Å². The molecule has 0 saturated carbocycles. The lowest BCUT2D eigenvalue weighted by Crippen LogP contribution is -1.98. The van der Waals surface area contributed by atoms with Gasteiger partial charge in [0, 0.05) is 64.0 Å². The maximum absolute atomic E-state index is 5.34. The number of aryl methyl sites for hydroxylation is 1. The van der Waals surface area contributed by atoms with Gasteiger partial charge in [-0.25, -0.2) is 4.99 Å². The number of hydrogen-bond donors (Lipinski definition) is 0. The molecule has 3 nitrogen and oxygen atoms in total. The van der Waals surface area contributed by atoms with Crippen molar-refractivity contribution in [3.05, 3.63) is 163 Å². The summed E-state index contributed by atoms with van der Waals surface area (Å²) >= 11 is 1.87. The summed E-state index contributed by atoms with van der Waals surface area (Å²) in [6.07, 6.45) is 8.17. The van der Waals surface area contributed by atoms with E-state index in [2.05, 4.69) is 150 Å². The minimum absolute atomic E-state index is 0.910. The van der Waals surface area contributed by atoms with Crippen LogP contribution in [0.1, 0.15) is 5.69 Å². The highest BCUT2D eigenvalue weighted by atomic mass is 32.1. The Balaban J connectivity index is 1.25. The van der Waals surface area contributed by atoms with Crippen molar-refractivity contribution >= 4 is 91.9 Å². The lowest BCUT2D eigenvalue weighted by Gasteiger charge is -2.12. The summed E-state index contributed by atoms with van der Waals surface area (Å²) in [5.41, 5.74) is 12.5. The third-order valence-corrected chi connectivity index (χ3v) is 11.8. The molecule has 0 saturated heterocycles. The van der Waals surface area contributed by atoms with Crippen LogP contribution in [0.5, 0.6) is 0 Å². The molecule has 50 heavy (non-hydrogen) atoms. The number of aliphatic imine (C=N–C) groups is 1. The number of rotatable bonds is 3. The molecule has 0 fully saturated rings. The molecular weight excluding hydrogens is 627 g/mol. The molecule has 10 aromatic rings. The number of benzene rings is 6. The number of para-hydroxylation sites is 3. The average molecular weight is 656 g/mol. The standard InChI is InChI=1S/C46H29N3S/c1-27-13-6-9-20-38(27)47-43-28(2)48-40-24-23-29(25-35(40)36-26-37-33-17-8-11-22-41(33)50-46(37)42(43)45(36)48)31-18-12-19-34-32-16-7-10-21-39(32)49(44(31)34)30-14-4-3-5-15-30/h3-26H,1H2,2H3. The van der Waals surface area contributed by atoms with Crippen LogP contribution in [-0.4, -0.2) is 14.7 Å². The van der Waals surface area contributed by atoms with Gasteiger partial charge >= 0.3 is 0 Å². The highest BCUT2D eigenvalue weighted by Crippen LogP contribution is 2.50. The molecule has 0 atom stereocenters. The maximum Gasteiger partial charge on any atom is 0.0940 e. The van der Waals surface area contributed by atoms with Crippen LogP contribution in [0.4, 0.5) is 5.69 Å². The normalized spacial score (nSPS) is 14.4. The molecule has 1 aliphatic rings. The second-order valence-corrected chi connectivity index (χ2v) is 14.3. The van der Waals surface area contributed by atoms with Crippen molar-refractivity contribution in [3.8, 4) is 16.8 Å². The Morgan fingerprint density at radius 2 is 1.40 bits per heavy atom. The van der Waals surface area contributed by atoms with E-state index in [1.165, 1.54) is 80.3 Å². The predicted molar refractivity (Wildman–Crippen MR) is 216 cm³/mol. The molecule has 11 rings (SSSR count). The fourth-order valence-corrected chi connectivity index (χ4v) is 9.58. The van der Waals surface area contributed by atoms with Gasteiger partial charge in [0.1, 0.15) is 0 Å². The first-order valence-corrected chi connectivity index (χ1v) is 17.8. The second-order valence-electron chi connectivity index (χ2n) is 13.3. The maximum atomic E-state index is 5.34. The Hall–Kier alpha value is -6.23. The lowest BCUT2D eigenvalue weighted by atomic mass is 9.98. The fourth-order valence-electron chi connectivity index (χ4n) is 8.35. The minimum atomic E-state index is 0.910. The van der Waals surface area contributed by atoms with Gasteiger partial charge in [-0.1, -0.05) is 104 Å². The van der Waals surface area contributed by atoms with Crippen LogP contribution in [0.15, 0.2) is 163 Å². The van der Waals surface area contributed by atoms with Gasteiger partial charge in [0.15, 0.2) is 0 Å². The lowest BCUT2D eigenvalue weighted by molar-refractivity contribution is 1.18. The van der Waals surface area contributed by atoms with Crippen LogP contribution in [0.2, 0.25) is 0 Å². The molecule has 234 valence electrons. The van der Waals surface area contributed by atoms with Crippen molar-refractivity contribution in [2.75, 3.05) is 0 Å². The fraction of sp³-hybridized carbons (Fsp3) is 0.0217. The summed E-state index contributed by atoms with van der Waals surface area (Å²) < 4.78 is 7.46. The largest absolute Gasteiger partial charge is 0.310 e. The van der Waals surface area contributed by atoms with Gasteiger partial charge in [-0.15, -0.1) is 11.3 Å². The summed E-state index contributed by atoms with van der Waals surface area (Å²) in [5, 5.41) is 8.84. The van der Waals surface area contributed by atoms with E-state index in [0.717, 1.165) is 28.4 Å². The summed E-state index contributed by atoms with van der Waals surface area (Å²) in [4.78, 5) is 5.34. The van der Waals surface area contributed by atoms with Crippen molar-refractivity contribution < 1.29 is 0 Å². The molecule has 4 heteroatoms. The summed E-state index contributed by atoms with van der Waals surface area (Å²) in [6.45, 7) is 6.52. The number of allylic oxidation sites excluding steroid dienone is 5. The molecule has 0 spiro atoms. The third kappa shape index (κ3) is 3.66. The molecule has 0 aliphatic heterocycles. The molecule has 0 unspecified atom stereocenters. The van der Waals surface area contributed by atoms with Crippen LogP contribution in [0.25, 0.3) is 86.0 Å². The van der Waals surface area contributed by atoms with Crippen LogP contribution in [0.3, 0.4) is 0 Å². The van der Waals surface area contributed by atoms with Crippen molar-refractivity contribution in [2.24, 2.45) is 4.99 Å². The van der Waals surface area contributed by atoms with E-state index < -0.39 is 0 Å². The first-order chi connectivity index (χ1) is 24.7. The SMILES string of the molecule is C=C1C=CC=CC1=Nc1c(C)n2c3ccc(-c4cccc5c6ccccc6n(-c6ccccc6)c45)cc3c3cc4c5ccccc5sc4c1c32. The zero-order chi connectivity index (χ0) is 33.1. The Labute approximate surface area is 292 Å². The first-order valence-electron chi connectivity index (χ1n) is 17.0. The zero-order valence-electron chi connectivity index (χ0n) is 27.3. The van der Waals surface area contributed by atoms with Gasteiger partial charge in [-0.3, -0.25) is 0 Å². The average Bonchev–Trinajstić information content (AvgIpc) is 3.88. The molecule has 1 aliphatic carbocycles. The molecular formula is C46H29N3S. The van der Waals surface area contributed by atoms with Crippen molar-refractivity contribution in [2.45, 2.75) is 6.92 Å². The third-order valence-electron chi connectivity index (χ3n) is 10.6. The van der Waals surface area contributed by atoms with Crippen molar-refractivity contribution in [1.29, 1.82) is 0 Å². The van der Waals surface area contributed by atoms with E-state index in [1.807, 2.05) is 29.6 Å². The Morgan fingerprint density at radius 3 is 2.28 bits per heavy atom.